The van der Waals surface area contributed by atoms with Crippen molar-refractivity contribution in [3.63, 3.8) is 0 Å². The molecule has 0 saturated heterocycles. The van der Waals surface area contributed by atoms with Gasteiger partial charge in [0.1, 0.15) is 0 Å². The maximum atomic E-state index is 11.9. The summed E-state index contributed by atoms with van der Waals surface area (Å²) in [5, 5.41) is 0. The third-order valence-electron chi connectivity index (χ3n) is 0.678. The van der Waals surface area contributed by atoms with Gasteiger partial charge in [0.15, 0.2) is 0 Å². The molecule has 2 N–H and O–H groups in total. The van der Waals surface area contributed by atoms with E-state index in [0.717, 1.165) is 0 Å². The van der Waals surface area contributed by atoms with Gasteiger partial charge in [-0.15, -0.1) is 12.1 Å². The second-order valence-corrected chi connectivity index (χ2v) is 1.22. The Labute approximate surface area is 67.5 Å². The smallest absolute Gasteiger partial charge is 0.0151 e. The molecule has 1 rings (SSSR count). The van der Waals surface area contributed by atoms with Crippen molar-refractivity contribution in [2.45, 2.75) is 0 Å². The zero-order chi connectivity index (χ0) is 5.11. The maximum Gasteiger partial charge on any atom is 0.0151 e. The number of benzene rings is 1. The third kappa shape index (κ3) is 4.31. The Balaban J connectivity index is 0. The Morgan fingerprint density at radius 3 is 1.89 bits per heavy atom. The van der Waals surface area contributed by atoms with Gasteiger partial charge in [0.2, 0.25) is 0 Å². The maximum absolute atomic E-state index is 11.9. The van der Waals surface area contributed by atoms with Crippen molar-refractivity contribution < 1.29 is 30.9 Å². The quantitative estimate of drug-likeness (QED) is 0.634. The first kappa shape index (κ1) is 11.6. The minimum Gasteiger partial charge on any atom is -0.412 e. The van der Waals surface area contributed by atoms with E-state index in [-0.39, 0.29) is 32.4 Å². The van der Waals surface area contributed by atoms with Gasteiger partial charge in [0.25, 0.3) is 0 Å². The molecule has 0 saturated carbocycles. The third-order valence-corrected chi connectivity index (χ3v) is 0.678. The first-order chi connectivity index (χ1) is 3.39. The van der Waals surface area contributed by atoms with Crippen LogP contribution in [-0.2, 0) is 21.1 Å². The minimum atomic E-state index is -0.209. The molecule has 0 aromatic heterocycles. The Morgan fingerprint density at radius 2 is 1.67 bits per heavy atom. The van der Waals surface area contributed by atoms with Gasteiger partial charge in [0.05, 0.1) is 0 Å². The van der Waals surface area contributed by atoms with Crippen molar-refractivity contribution in [1.29, 1.82) is 0 Å². The second-order valence-electron chi connectivity index (χ2n) is 1.22. The molecule has 0 radical (unpaired) electrons. The van der Waals surface area contributed by atoms with Gasteiger partial charge in [-0.05, 0) is 0 Å². The van der Waals surface area contributed by atoms with Crippen LogP contribution in [0.2, 0.25) is 0 Å². The van der Waals surface area contributed by atoms with Crippen LogP contribution in [0, 0.1) is 11.9 Å². The van der Waals surface area contributed by atoms with Crippen LogP contribution in [-0.4, -0.2) is 5.48 Å². The molecule has 0 heterocycles. The van der Waals surface area contributed by atoms with Crippen LogP contribution in [0.5, 0.6) is 0 Å². The van der Waals surface area contributed by atoms with E-state index in [0.29, 0.717) is 0 Å². The van der Waals surface area contributed by atoms with Crippen LogP contribution < -0.4 is 0 Å². The van der Waals surface area contributed by atoms with Gasteiger partial charge in [-0.3, -0.25) is 0 Å². The largest absolute Gasteiger partial charge is 0.412 e. The summed E-state index contributed by atoms with van der Waals surface area (Å²) in [7, 11) is 0. The molecule has 1 aromatic rings. The SMILES string of the molecule is Fc1cc[c-]cc1.O.[W]. The van der Waals surface area contributed by atoms with E-state index in [4.69, 9.17) is 0 Å². The topological polar surface area (TPSA) is 31.5 Å². The number of hydrogen-bond acceptors (Lipinski definition) is 0. The van der Waals surface area contributed by atoms with Gasteiger partial charge in [-0.25, -0.2) is 4.39 Å². The molecular formula is C6H6FOW-. The van der Waals surface area contributed by atoms with E-state index in [1.807, 2.05) is 0 Å². The van der Waals surface area contributed by atoms with Crippen molar-refractivity contribution in [2.24, 2.45) is 0 Å². The fraction of sp³-hybridized carbons (Fsp3) is 0. The van der Waals surface area contributed by atoms with E-state index < -0.39 is 0 Å². The number of rotatable bonds is 0. The van der Waals surface area contributed by atoms with Crippen molar-refractivity contribution in [2.75, 3.05) is 0 Å². The summed E-state index contributed by atoms with van der Waals surface area (Å²) in [6.07, 6.45) is 0. The monoisotopic (exact) mass is 297 g/mol. The summed E-state index contributed by atoms with van der Waals surface area (Å²) >= 11 is 0. The van der Waals surface area contributed by atoms with Crippen LogP contribution in [0.15, 0.2) is 24.3 Å². The van der Waals surface area contributed by atoms with E-state index in [1.165, 1.54) is 24.3 Å². The molecule has 0 amide bonds. The molecular weight excluding hydrogens is 291 g/mol. The molecule has 0 aliphatic rings. The molecule has 0 spiro atoms. The number of halogens is 1. The zero-order valence-electron chi connectivity index (χ0n) is 4.60. The fourth-order valence-electron chi connectivity index (χ4n) is 0.367. The van der Waals surface area contributed by atoms with E-state index in [2.05, 4.69) is 6.07 Å². The molecule has 0 fully saturated rings. The fourth-order valence-corrected chi connectivity index (χ4v) is 0.367. The Hall–Kier alpha value is -0.202. The summed E-state index contributed by atoms with van der Waals surface area (Å²) in [6, 6.07) is 8.49. The van der Waals surface area contributed by atoms with Crippen LogP contribution in [0.3, 0.4) is 0 Å². The average molecular weight is 297 g/mol. The zero-order valence-corrected chi connectivity index (χ0v) is 7.53. The van der Waals surface area contributed by atoms with Crippen LogP contribution >= 0.6 is 0 Å². The molecule has 1 nitrogen and oxygen atoms in total. The predicted molar refractivity (Wildman–Crippen MR) is 28.8 cm³/mol. The summed E-state index contributed by atoms with van der Waals surface area (Å²) in [5.41, 5.74) is 0. The van der Waals surface area contributed by atoms with Gasteiger partial charge in [-0.1, -0.05) is 0 Å². The standard InChI is InChI=1S/C6H4F.H2O.W/c7-6-4-2-1-3-5-6;;/h2-5H;1H2;/q-1;;. The first-order valence-electron chi connectivity index (χ1n) is 2.01. The molecule has 0 aliphatic carbocycles. The molecule has 50 valence electrons. The first-order valence-corrected chi connectivity index (χ1v) is 2.01. The van der Waals surface area contributed by atoms with Crippen molar-refractivity contribution in [3.05, 3.63) is 36.1 Å². The molecule has 0 unspecified atom stereocenters. The summed E-state index contributed by atoms with van der Waals surface area (Å²) < 4.78 is 11.9. The van der Waals surface area contributed by atoms with Crippen molar-refractivity contribution >= 4 is 0 Å². The Bertz CT molecular complexity index is 143. The normalized spacial score (nSPS) is 6.78. The van der Waals surface area contributed by atoms with Crippen molar-refractivity contribution in [3.8, 4) is 0 Å². The van der Waals surface area contributed by atoms with E-state index in [9.17, 15) is 4.39 Å². The van der Waals surface area contributed by atoms with Crippen molar-refractivity contribution in [1.82, 2.24) is 0 Å². The predicted octanol–water partition coefficient (Wildman–Crippen LogP) is 0.799. The van der Waals surface area contributed by atoms with E-state index in [1.54, 1.807) is 0 Å². The van der Waals surface area contributed by atoms with Gasteiger partial charge in [0, 0.05) is 26.9 Å². The molecule has 0 aliphatic heterocycles. The van der Waals surface area contributed by atoms with Gasteiger partial charge >= 0.3 is 0 Å². The van der Waals surface area contributed by atoms with Crippen LogP contribution in [0.1, 0.15) is 0 Å². The van der Waals surface area contributed by atoms with Crippen LogP contribution in [0.25, 0.3) is 0 Å². The molecule has 0 atom stereocenters. The summed E-state index contributed by atoms with van der Waals surface area (Å²) in [4.78, 5) is 0. The van der Waals surface area contributed by atoms with Gasteiger partial charge < -0.3 is 5.48 Å². The Morgan fingerprint density at radius 1 is 1.22 bits per heavy atom. The van der Waals surface area contributed by atoms with Gasteiger partial charge in [-0.2, -0.15) is 18.2 Å². The van der Waals surface area contributed by atoms with E-state index >= 15 is 0 Å². The summed E-state index contributed by atoms with van der Waals surface area (Å²) in [5.74, 6) is -0.209. The average Bonchev–Trinajstić information content (AvgIpc) is 1.69. The molecule has 1 aromatic carbocycles. The second kappa shape index (κ2) is 5.93. The summed E-state index contributed by atoms with van der Waals surface area (Å²) in [6.45, 7) is 0. The molecule has 0 bridgehead atoms. The number of hydrogen-bond donors (Lipinski definition) is 0. The Kier molecular flexibility index (Phi) is 7.62. The molecule has 3 heteroatoms. The minimum absolute atomic E-state index is 0. The molecule has 9 heavy (non-hydrogen) atoms. The van der Waals surface area contributed by atoms with Crippen LogP contribution in [0.4, 0.5) is 4.39 Å².